The summed E-state index contributed by atoms with van der Waals surface area (Å²) >= 11 is 0. The minimum absolute atomic E-state index is 0.143. The average molecular weight is 325 g/mol. The highest BCUT2D eigenvalue weighted by Gasteiger charge is 2.16. The van der Waals surface area contributed by atoms with E-state index in [-0.39, 0.29) is 11.8 Å². The molecule has 126 valence electrons. The van der Waals surface area contributed by atoms with Crippen molar-refractivity contribution in [3.63, 3.8) is 0 Å². The number of anilines is 2. The van der Waals surface area contributed by atoms with Gasteiger partial charge in [0.1, 0.15) is 0 Å². The summed E-state index contributed by atoms with van der Waals surface area (Å²) in [5.41, 5.74) is 7.69. The van der Waals surface area contributed by atoms with Gasteiger partial charge >= 0.3 is 0 Å². The second-order valence-corrected chi connectivity index (χ2v) is 5.66. The van der Waals surface area contributed by atoms with E-state index in [0.717, 1.165) is 12.1 Å². The van der Waals surface area contributed by atoms with Gasteiger partial charge in [-0.25, -0.2) is 0 Å². The van der Waals surface area contributed by atoms with Gasteiger partial charge in [-0.15, -0.1) is 0 Å². The van der Waals surface area contributed by atoms with Crippen molar-refractivity contribution in [3.05, 3.63) is 60.2 Å². The second kappa shape index (κ2) is 8.26. The van der Waals surface area contributed by atoms with E-state index in [1.165, 1.54) is 0 Å². The molecule has 0 fully saturated rings. The molecule has 2 aromatic carbocycles. The molecule has 0 radical (unpaired) electrons. The van der Waals surface area contributed by atoms with Gasteiger partial charge in [-0.2, -0.15) is 0 Å². The summed E-state index contributed by atoms with van der Waals surface area (Å²) in [5, 5.41) is 2.77. The Bertz CT molecular complexity index is 701. The normalized spacial score (nSPS) is 11.6. The molecule has 0 aromatic heterocycles. The van der Waals surface area contributed by atoms with Crippen molar-refractivity contribution in [3.8, 4) is 0 Å². The molecule has 0 spiro atoms. The summed E-state index contributed by atoms with van der Waals surface area (Å²) < 4.78 is 0. The Morgan fingerprint density at radius 2 is 1.83 bits per heavy atom. The predicted molar refractivity (Wildman–Crippen MR) is 97.1 cm³/mol. The van der Waals surface area contributed by atoms with Crippen LogP contribution in [0.15, 0.2) is 54.6 Å². The molecule has 5 heteroatoms. The van der Waals surface area contributed by atoms with Gasteiger partial charge in [-0.3, -0.25) is 9.59 Å². The van der Waals surface area contributed by atoms with Crippen LogP contribution in [0.4, 0.5) is 11.4 Å². The lowest BCUT2D eigenvalue weighted by atomic mass is 10.1. The van der Waals surface area contributed by atoms with Crippen molar-refractivity contribution in [2.75, 3.05) is 17.3 Å². The number of rotatable bonds is 6. The first-order valence-electron chi connectivity index (χ1n) is 8.02. The number of nitrogens with zero attached hydrogens (tertiary/aromatic N) is 1. The smallest absolute Gasteiger partial charge is 0.258 e. The van der Waals surface area contributed by atoms with Crippen LogP contribution in [0.2, 0.25) is 0 Å². The minimum Gasteiger partial charge on any atom is -0.325 e. The van der Waals surface area contributed by atoms with Crippen LogP contribution in [-0.4, -0.2) is 24.9 Å². The van der Waals surface area contributed by atoms with Crippen LogP contribution in [-0.2, 0) is 4.79 Å². The Morgan fingerprint density at radius 3 is 2.50 bits per heavy atom. The quantitative estimate of drug-likeness (QED) is 0.857. The third-order valence-corrected chi connectivity index (χ3v) is 3.76. The lowest BCUT2D eigenvalue weighted by Gasteiger charge is -2.18. The topological polar surface area (TPSA) is 75.4 Å². The molecule has 2 aromatic rings. The van der Waals surface area contributed by atoms with Gasteiger partial charge in [0.05, 0.1) is 6.04 Å². The molecule has 0 bridgehead atoms. The Morgan fingerprint density at radius 1 is 1.12 bits per heavy atom. The molecule has 0 aliphatic rings. The Hall–Kier alpha value is -2.66. The SMILES string of the molecule is CCCC(N)C(=O)Nc1cccc(C(=O)N(C)c2ccccc2)c1. The van der Waals surface area contributed by atoms with Gasteiger partial charge in [0, 0.05) is 24.0 Å². The maximum absolute atomic E-state index is 12.6. The zero-order chi connectivity index (χ0) is 17.5. The van der Waals surface area contributed by atoms with Crippen molar-refractivity contribution in [1.29, 1.82) is 0 Å². The highest BCUT2D eigenvalue weighted by molar-refractivity contribution is 6.06. The third kappa shape index (κ3) is 4.43. The zero-order valence-electron chi connectivity index (χ0n) is 14.0. The van der Waals surface area contributed by atoms with Crippen molar-refractivity contribution >= 4 is 23.2 Å². The molecule has 2 rings (SSSR count). The van der Waals surface area contributed by atoms with Crippen molar-refractivity contribution in [1.82, 2.24) is 0 Å². The molecule has 5 nitrogen and oxygen atoms in total. The van der Waals surface area contributed by atoms with Crippen LogP contribution in [0, 0.1) is 0 Å². The molecule has 0 aliphatic carbocycles. The first-order chi connectivity index (χ1) is 11.5. The van der Waals surface area contributed by atoms with Crippen LogP contribution in [0.1, 0.15) is 30.1 Å². The lowest BCUT2D eigenvalue weighted by molar-refractivity contribution is -0.117. The third-order valence-electron chi connectivity index (χ3n) is 3.76. The van der Waals surface area contributed by atoms with Gasteiger partial charge in [0.2, 0.25) is 5.91 Å². The van der Waals surface area contributed by atoms with Crippen LogP contribution >= 0.6 is 0 Å². The highest BCUT2D eigenvalue weighted by Crippen LogP contribution is 2.17. The number of nitrogens with two attached hydrogens (primary N) is 1. The van der Waals surface area contributed by atoms with E-state index in [2.05, 4.69) is 5.32 Å². The molecule has 1 atom stereocenters. The number of nitrogens with one attached hydrogen (secondary N) is 1. The fourth-order valence-corrected chi connectivity index (χ4v) is 2.37. The van der Waals surface area contributed by atoms with E-state index in [4.69, 9.17) is 5.73 Å². The number of benzene rings is 2. The monoisotopic (exact) mass is 325 g/mol. The number of carbonyl (C=O) groups is 2. The number of hydrogen-bond donors (Lipinski definition) is 2. The summed E-state index contributed by atoms with van der Waals surface area (Å²) in [4.78, 5) is 26.2. The van der Waals surface area contributed by atoms with Crippen LogP contribution in [0.5, 0.6) is 0 Å². The fourth-order valence-electron chi connectivity index (χ4n) is 2.37. The molecule has 0 saturated carbocycles. The van der Waals surface area contributed by atoms with Crippen LogP contribution in [0.3, 0.4) is 0 Å². The van der Waals surface area contributed by atoms with Gasteiger partial charge < -0.3 is 16.0 Å². The molecule has 1 unspecified atom stereocenters. The molecule has 2 amide bonds. The van der Waals surface area contributed by atoms with E-state index in [1.807, 2.05) is 37.3 Å². The fraction of sp³-hybridized carbons (Fsp3) is 0.263. The maximum atomic E-state index is 12.6. The molecule has 3 N–H and O–H groups in total. The first-order valence-corrected chi connectivity index (χ1v) is 8.02. The van der Waals surface area contributed by atoms with E-state index >= 15 is 0 Å². The number of para-hydroxylation sites is 1. The van der Waals surface area contributed by atoms with Gasteiger partial charge in [0.25, 0.3) is 5.91 Å². The summed E-state index contributed by atoms with van der Waals surface area (Å²) in [7, 11) is 1.72. The highest BCUT2D eigenvalue weighted by atomic mass is 16.2. The summed E-state index contributed by atoms with van der Waals surface area (Å²) in [6.07, 6.45) is 1.47. The Balaban J connectivity index is 2.12. The van der Waals surface area contributed by atoms with Crippen molar-refractivity contribution < 1.29 is 9.59 Å². The van der Waals surface area contributed by atoms with Crippen LogP contribution < -0.4 is 16.0 Å². The second-order valence-electron chi connectivity index (χ2n) is 5.66. The molecule has 0 aliphatic heterocycles. The number of hydrogen-bond acceptors (Lipinski definition) is 3. The Kier molecular flexibility index (Phi) is 6.09. The molecular formula is C19H23N3O2. The van der Waals surface area contributed by atoms with E-state index in [0.29, 0.717) is 17.7 Å². The zero-order valence-corrected chi connectivity index (χ0v) is 14.0. The average Bonchev–Trinajstić information content (AvgIpc) is 2.61. The van der Waals surface area contributed by atoms with Gasteiger partial charge in [-0.05, 0) is 36.8 Å². The number of carbonyl (C=O) groups excluding carboxylic acids is 2. The van der Waals surface area contributed by atoms with Crippen molar-refractivity contribution in [2.45, 2.75) is 25.8 Å². The molecular weight excluding hydrogens is 302 g/mol. The summed E-state index contributed by atoms with van der Waals surface area (Å²) in [6.45, 7) is 1.98. The van der Waals surface area contributed by atoms with E-state index < -0.39 is 6.04 Å². The number of amides is 2. The molecule has 24 heavy (non-hydrogen) atoms. The summed E-state index contributed by atoms with van der Waals surface area (Å²) in [6, 6.07) is 15.7. The Labute approximate surface area is 142 Å². The van der Waals surface area contributed by atoms with Crippen LogP contribution in [0.25, 0.3) is 0 Å². The predicted octanol–water partition coefficient (Wildman–Crippen LogP) is 3.03. The van der Waals surface area contributed by atoms with Crippen molar-refractivity contribution in [2.24, 2.45) is 5.73 Å². The van der Waals surface area contributed by atoms with Gasteiger partial charge in [0.15, 0.2) is 0 Å². The largest absolute Gasteiger partial charge is 0.325 e. The van der Waals surface area contributed by atoms with E-state index in [9.17, 15) is 9.59 Å². The minimum atomic E-state index is -0.540. The summed E-state index contributed by atoms with van der Waals surface area (Å²) in [5.74, 6) is -0.381. The lowest BCUT2D eigenvalue weighted by Crippen LogP contribution is -2.35. The maximum Gasteiger partial charge on any atom is 0.258 e. The first kappa shape index (κ1) is 17.7. The van der Waals surface area contributed by atoms with E-state index in [1.54, 1.807) is 36.2 Å². The standard InChI is InChI=1S/C19H23N3O2/c1-3-8-17(20)18(23)21-15-10-7-9-14(13-15)19(24)22(2)16-11-5-4-6-12-16/h4-7,9-13,17H,3,8,20H2,1-2H3,(H,21,23). The molecule has 0 heterocycles. The molecule has 0 saturated heterocycles. The van der Waals surface area contributed by atoms with Gasteiger partial charge in [-0.1, -0.05) is 37.6 Å².